The molecule has 5 heteroatoms. The van der Waals surface area contributed by atoms with Crippen molar-refractivity contribution in [1.82, 2.24) is 5.32 Å². The van der Waals surface area contributed by atoms with Crippen LogP contribution in [0, 0.1) is 0 Å². The van der Waals surface area contributed by atoms with Gasteiger partial charge in [0.1, 0.15) is 5.75 Å². The van der Waals surface area contributed by atoms with Gasteiger partial charge in [0.15, 0.2) is 0 Å². The quantitative estimate of drug-likeness (QED) is 0.870. The molecule has 0 amide bonds. The Hall–Kier alpha value is -0.810. The van der Waals surface area contributed by atoms with Gasteiger partial charge in [-0.1, -0.05) is 23.7 Å². The van der Waals surface area contributed by atoms with Crippen LogP contribution in [-0.4, -0.2) is 38.1 Å². The average Bonchev–Trinajstić information content (AvgIpc) is 2.60. The lowest BCUT2D eigenvalue weighted by molar-refractivity contribution is 0.0625. The monoisotopic (exact) mass is 285 g/mol. The highest BCUT2D eigenvalue weighted by atomic mass is 35.5. The van der Waals surface area contributed by atoms with Crippen molar-refractivity contribution in [3.05, 3.63) is 28.8 Å². The minimum atomic E-state index is -0.503. The summed E-state index contributed by atoms with van der Waals surface area (Å²) in [5.41, 5.74) is 1.06. The van der Waals surface area contributed by atoms with Gasteiger partial charge in [0.05, 0.1) is 24.3 Å². The van der Waals surface area contributed by atoms with Gasteiger partial charge in [-0.05, 0) is 18.9 Å². The normalized spacial score (nSPS) is 20.3. The summed E-state index contributed by atoms with van der Waals surface area (Å²) >= 11 is 6.17. The van der Waals surface area contributed by atoms with E-state index in [4.69, 9.17) is 21.1 Å². The van der Waals surface area contributed by atoms with Crippen molar-refractivity contribution in [1.29, 1.82) is 0 Å². The maximum atomic E-state index is 9.71. The Kier molecular flexibility index (Phi) is 5.45. The first-order chi connectivity index (χ1) is 9.22. The molecule has 1 heterocycles. The Balaban J connectivity index is 2.07. The smallest absolute Gasteiger partial charge is 0.142 e. The molecular formula is C14H20ClNO3. The largest absolute Gasteiger partial charge is 0.492 e. The SMILES string of the molecule is COCC(O)CNC1CCCOc2c(Cl)cccc21. The summed E-state index contributed by atoms with van der Waals surface area (Å²) in [6.07, 6.45) is 1.42. The van der Waals surface area contributed by atoms with E-state index < -0.39 is 6.10 Å². The molecule has 0 saturated carbocycles. The number of fused-ring (bicyclic) bond motifs is 1. The number of aliphatic hydroxyl groups excluding tert-OH is 1. The van der Waals surface area contributed by atoms with Gasteiger partial charge in [-0.3, -0.25) is 0 Å². The van der Waals surface area contributed by atoms with Gasteiger partial charge < -0.3 is 19.9 Å². The van der Waals surface area contributed by atoms with Crippen LogP contribution in [0.4, 0.5) is 0 Å². The molecule has 0 radical (unpaired) electrons. The van der Waals surface area contributed by atoms with Gasteiger partial charge in [-0.15, -0.1) is 0 Å². The standard InChI is InChI=1S/C14H20ClNO3/c1-18-9-10(17)8-16-13-6-3-7-19-14-11(13)4-2-5-12(14)15/h2,4-5,10,13,16-17H,3,6-9H2,1H3. The molecule has 1 aliphatic rings. The molecule has 2 N–H and O–H groups in total. The van der Waals surface area contributed by atoms with Gasteiger partial charge in [0.25, 0.3) is 0 Å². The fourth-order valence-electron chi connectivity index (χ4n) is 2.31. The third-order valence-corrected chi connectivity index (χ3v) is 3.51. The molecule has 2 atom stereocenters. The predicted octanol–water partition coefficient (Wildman–Crippen LogP) is 2.15. The molecule has 2 unspecified atom stereocenters. The number of halogens is 1. The van der Waals surface area contributed by atoms with E-state index in [1.165, 1.54) is 0 Å². The maximum absolute atomic E-state index is 9.71. The Morgan fingerprint density at radius 1 is 1.58 bits per heavy atom. The zero-order valence-corrected chi connectivity index (χ0v) is 11.8. The van der Waals surface area contributed by atoms with Crippen LogP contribution in [0.3, 0.4) is 0 Å². The maximum Gasteiger partial charge on any atom is 0.142 e. The number of hydrogen-bond donors (Lipinski definition) is 2. The molecule has 0 bridgehead atoms. The first kappa shape index (κ1) is 14.6. The Morgan fingerprint density at radius 3 is 3.21 bits per heavy atom. The van der Waals surface area contributed by atoms with E-state index in [1.54, 1.807) is 7.11 Å². The molecule has 1 aliphatic heterocycles. The topological polar surface area (TPSA) is 50.7 Å². The molecule has 0 aliphatic carbocycles. The molecule has 0 spiro atoms. The number of methoxy groups -OCH3 is 1. The summed E-state index contributed by atoms with van der Waals surface area (Å²) in [7, 11) is 1.58. The van der Waals surface area contributed by atoms with Gasteiger partial charge >= 0.3 is 0 Å². The van der Waals surface area contributed by atoms with E-state index in [-0.39, 0.29) is 6.04 Å². The first-order valence-electron chi connectivity index (χ1n) is 6.54. The fraction of sp³-hybridized carbons (Fsp3) is 0.571. The number of aliphatic hydroxyl groups is 1. The van der Waals surface area contributed by atoms with Crippen LogP contribution in [-0.2, 0) is 4.74 Å². The Morgan fingerprint density at radius 2 is 2.42 bits per heavy atom. The molecule has 1 aromatic carbocycles. The third kappa shape index (κ3) is 3.83. The second-order valence-corrected chi connectivity index (χ2v) is 5.13. The van der Waals surface area contributed by atoms with Crippen LogP contribution in [0.1, 0.15) is 24.4 Å². The highest BCUT2D eigenvalue weighted by molar-refractivity contribution is 6.32. The summed E-state index contributed by atoms with van der Waals surface area (Å²) in [6, 6.07) is 5.94. The number of nitrogens with one attached hydrogen (secondary N) is 1. The predicted molar refractivity (Wildman–Crippen MR) is 74.8 cm³/mol. The lowest BCUT2D eigenvalue weighted by Crippen LogP contribution is -2.32. The summed E-state index contributed by atoms with van der Waals surface area (Å²) in [5, 5.41) is 13.7. The van der Waals surface area contributed by atoms with Crippen molar-refractivity contribution < 1.29 is 14.6 Å². The molecule has 19 heavy (non-hydrogen) atoms. The molecular weight excluding hydrogens is 266 g/mol. The molecule has 0 aromatic heterocycles. The second-order valence-electron chi connectivity index (χ2n) is 4.72. The number of ether oxygens (including phenoxy) is 2. The second kappa shape index (κ2) is 7.10. The van der Waals surface area contributed by atoms with Crippen LogP contribution < -0.4 is 10.1 Å². The summed E-state index contributed by atoms with van der Waals surface area (Å²) in [5.74, 6) is 0.764. The van der Waals surface area contributed by atoms with Crippen LogP contribution >= 0.6 is 11.6 Å². The van der Waals surface area contributed by atoms with Gasteiger partial charge in [0, 0.05) is 25.3 Å². The van der Waals surface area contributed by atoms with Crippen molar-refractivity contribution >= 4 is 11.6 Å². The van der Waals surface area contributed by atoms with Gasteiger partial charge in [-0.2, -0.15) is 0 Å². The van der Waals surface area contributed by atoms with Crippen LogP contribution in [0.25, 0.3) is 0 Å². The van der Waals surface area contributed by atoms with Gasteiger partial charge in [0.2, 0.25) is 0 Å². The first-order valence-corrected chi connectivity index (χ1v) is 6.91. The molecule has 0 fully saturated rings. The van der Waals surface area contributed by atoms with Crippen molar-refractivity contribution in [3.8, 4) is 5.75 Å². The fourth-order valence-corrected chi connectivity index (χ4v) is 2.55. The highest BCUT2D eigenvalue weighted by Gasteiger charge is 2.21. The van der Waals surface area contributed by atoms with Gasteiger partial charge in [-0.25, -0.2) is 0 Å². The zero-order chi connectivity index (χ0) is 13.7. The molecule has 2 rings (SSSR count). The summed E-state index contributed by atoms with van der Waals surface area (Å²) in [6.45, 7) is 1.50. The highest BCUT2D eigenvalue weighted by Crippen LogP contribution is 2.36. The van der Waals surface area contributed by atoms with E-state index in [9.17, 15) is 5.11 Å². The minimum absolute atomic E-state index is 0.155. The number of benzene rings is 1. The van der Waals surface area contributed by atoms with Crippen molar-refractivity contribution in [2.75, 3.05) is 26.9 Å². The van der Waals surface area contributed by atoms with E-state index >= 15 is 0 Å². The lowest BCUT2D eigenvalue weighted by Gasteiger charge is -2.20. The number of hydrogen-bond acceptors (Lipinski definition) is 4. The van der Waals surface area contributed by atoms with Crippen molar-refractivity contribution in [2.45, 2.75) is 25.0 Å². The van der Waals surface area contributed by atoms with E-state index in [2.05, 4.69) is 5.32 Å². The summed E-state index contributed by atoms with van der Waals surface area (Å²) < 4.78 is 10.6. The summed E-state index contributed by atoms with van der Waals surface area (Å²) in [4.78, 5) is 0. The zero-order valence-electron chi connectivity index (χ0n) is 11.1. The molecule has 106 valence electrons. The van der Waals surface area contributed by atoms with Crippen LogP contribution in [0.2, 0.25) is 5.02 Å². The van der Waals surface area contributed by atoms with E-state index in [0.717, 1.165) is 24.2 Å². The van der Waals surface area contributed by atoms with Crippen molar-refractivity contribution in [2.24, 2.45) is 0 Å². The molecule has 4 nitrogen and oxygen atoms in total. The average molecular weight is 286 g/mol. The van der Waals surface area contributed by atoms with Crippen LogP contribution in [0.15, 0.2) is 18.2 Å². The Bertz CT molecular complexity index is 414. The minimum Gasteiger partial charge on any atom is -0.492 e. The molecule has 0 saturated heterocycles. The lowest BCUT2D eigenvalue weighted by atomic mass is 10.0. The number of rotatable bonds is 5. The van der Waals surface area contributed by atoms with Crippen LogP contribution in [0.5, 0.6) is 5.75 Å². The molecule has 1 aromatic rings. The van der Waals surface area contributed by atoms with E-state index in [0.29, 0.717) is 24.8 Å². The number of para-hydroxylation sites is 1. The Labute approximate surface area is 118 Å². The third-order valence-electron chi connectivity index (χ3n) is 3.22. The van der Waals surface area contributed by atoms with E-state index in [1.807, 2.05) is 18.2 Å². The van der Waals surface area contributed by atoms with Crippen molar-refractivity contribution in [3.63, 3.8) is 0 Å².